The number of rotatable bonds is 7. The smallest absolute Gasteiger partial charge is 0.233 e. The molecular weight excluding hydrogens is 415 g/mol. The molecule has 0 spiro atoms. The van der Waals surface area contributed by atoms with Gasteiger partial charge in [-0.2, -0.15) is 0 Å². The van der Waals surface area contributed by atoms with Crippen molar-refractivity contribution in [3.8, 4) is 17.1 Å². The lowest BCUT2D eigenvalue weighted by molar-refractivity contribution is -0.120. The maximum absolute atomic E-state index is 13.1. The van der Waals surface area contributed by atoms with Crippen LogP contribution in [0.4, 0.5) is 4.39 Å². The predicted molar refractivity (Wildman–Crippen MR) is 112 cm³/mol. The summed E-state index contributed by atoms with van der Waals surface area (Å²) in [6.45, 7) is 3.62. The van der Waals surface area contributed by atoms with Crippen LogP contribution in [0, 0.1) is 5.82 Å². The molecular formula is C20H20ClFN4O2S. The number of amides is 1. The Morgan fingerprint density at radius 3 is 2.66 bits per heavy atom. The standard InChI is InChI=1S/C20H20ClFN4O2S/c1-11(13-4-7-15(22)8-5-13)23-19(27)12(2)29-20-24-18(25-26-20)16-10-14(21)6-9-17(16)28-3/h4-12H,1-3H3,(H,23,27)(H,24,25,26)/t11-,12+/m0/s1. The Kier molecular flexibility index (Phi) is 6.76. The van der Waals surface area contributed by atoms with E-state index in [1.54, 1.807) is 44.4 Å². The Bertz CT molecular complexity index is 996. The number of aromatic amines is 1. The van der Waals surface area contributed by atoms with Gasteiger partial charge in [-0.15, -0.1) is 5.10 Å². The molecule has 152 valence electrons. The van der Waals surface area contributed by atoms with Crippen LogP contribution in [0.25, 0.3) is 11.4 Å². The molecule has 9 heteroatoms. The molecule has 0 saturated heterocycles. The molecule has 0 bridgehead atoms. The molecule has 1 aromatic heterocycles. The van der Waals surface area contributed by atoms with Crippen molar-refractivity contribution in [3.05, 3.63) is 58.9 Å². The number of H-pyrrole nitrogens is 1. The van der Waals surface area contributed by atoms with Gasteiger partial charge in [-0.05, 0) is 49.7 Å². The minimum absolute atomic E-state index is 0.168. The summed E-state index contributed by atoms with van der Waals surface area (Å²) in [6, 6.07) is 11.0. The molecule has 1 amide bonds. The number of nitrogens with zero attached hydrogens (tertiary/aromatic N) is 2. The zero-order valence-electron chi connectivity index (χ0n) is 16.1. The van der Waals surface area contributed by atoms with E-state index in [2.05, 4.69) is 20.5 Å². The highest BCUT2D eigenvalue weighted by atomic mass is 35.5. The zero-order valence-corrected chi connectivity index (χ0v) is 17.6. The fraction of sp³-hybridized carbons (Fsp3) is 0.250. The van der Waals surface area contributed by atoms with Gasteiger partial charge in [0.05, 0.1) is 24.0 Å². The van der Waals surface area contributed by atoms with Crippen molar-refractivity contribution in [1.82, 2.24) is 20.5 Å². The van der Waals surface area contributed by atoms with Gasteiger partial charge >= 0.3 is 0 Å². The summed E-state index contributed by atoms with van der Waals surface area (Å²) in [5, 5.41) is 10.5. The Morgan fingerprint density at radius 2 is 1.97 bits per heavy atom. The topological polar surface area (TPSA) is 79.9 Å². The number of methoxy groups -OCH3 is 1. The van der Waals surface area contributed by atoms with Crippen molar-refractivity contribution >= 4 is 29.3 Å². The summed E-state index contributed by atoms with van der Waals surface area (Å²) in [4.78, 5) is 16.9. The average Bonchev–Trinajstić information content (AvgIpc) is 3.16. The molecule has 3 rings (SSSR count). The Hall–Kier alpha value is -2.58. The second kappa shape index (κ2) is 9.28. The van der Waals surface area contributed by atoms with Crippen molar-refractivity contribution in [2.24, 2.45) is 0 Å². The summed E-state index contributed by atoms with van der Waals surface area (Å²) < 4.78 is 18.4. The molecule has 2 atom stereocenters. The lowest BCUT2D eigenvalue weighted by Gasteiger charge is -2.17. The monoisotopic (exact) mass is 434 g/mol. The molecule has 2 N–H and O–H groups in total. The van der Waals surface area contributed by atoms with Crippen LogP contribution in [0.1, 0.15) is 25.5 Å². The van der Waals surface area contributed by atoms with Crippen molar-refractivity contribution in [3.63, 3.8) is 0 Å². The molecule has 0 aliphatic heterocycles. The van der Waals surface area contributed by atoms with Gasteiger partial charge in [0, 0.05) is 5.02 Å². The lowest BCUT2D eigenvalue weighted by atomic mass is 10.1. The first-order valence-corrected chi connectivity index (χ1v) is 10.1. The molecule has 0 unspecified atom stereocenters. The first kappa shape index (κ1) is 21.1. The van der Waals surface area contributed by atoms with Crippen LogP contribution < -0.4 is 10.1 Å². The number of hydrogen-bond acceptors (Lipinski definition) is 5. The molecule has 6 nitrogen and oxygen atoms in total. The molecule has 29 heavy (non-hydrogen) atoms. The third kappa shape index (κ3) is 5.27. The van der Waals surface area contributed by atoms with Gasteiger partial charge in [-0.3, -0.25) is 9.89 Å². The predicted octanol–water partition coefficient (Wildman–Crippen LogP) is 4.63. The minimum atomic E-state index is -0.428. The highest BCUT2D eigenvalue weighted by Crippen LogP contribution is 2.31. The van der Waals surface area contributed by atoms with Gasteiger partial charge in [-0.1, -0.05) is 35.5 Å². The van der Waals surface area contributed by atoms with Crippen LogP contribution in [0.3, 0.4) is 0 Å². The van der Waals surface area contributed by atoms with Crippen molar-refractivity contribution < 1.29 is 13.9 Å². The molecule has 0 saturated carbocycles. The highest BCUT2D eigenvalue weighted by molar-refractivity contribution is 8.00. The van der Waals surface area contributed by atoms with Crippen molar-refractivity contribution in [2.75, 3.05) is 7.11 Å². The van der Waals surface area contributed by atoms with E-state index in [-0.39, 0.29) is 17.8 Å². The van der Waals surface area contributed by atoms with Gasteiger partial charge in [0.2, 0.25) is 11.1 Å². The van der Waals surface area contributed by atoms with Crippen LogP contribution in [-0.4, -0.2) is 33.4 Å². The minimum Gasteiger partial charge on any atom is -0.496 e. The van der Waals surface area contributed by atoms with Gasteiger partial charge in [0.15, 0.2) is 5.82 Å². The van der Waals surface area contributed by atoms with Crippen LogP contribution in [0.15, 0.2) is 47.6 Å². The van der Waals surface area contributed by atoms with Gasteiger partial charge in [0.1, 0.15) is 11.6 Å². The number of aromatic nitrogens is 3. The first-order valence-electron chi connectivity index (χ1n) is 8.86. The number of carbonyl (C=O) groups is 1. The van der Waals surface area contributed by atoms with E-state index in [4.69, 9.17) is 16.3 Å². The van der Waals surface area contributed by atoms with Gasteiger partial charge in [0.25, 0.3) is 0 Å². The second-order valence-corrected chi connectivity index (χ2v) is 8.10. The molecule has 0 aliphatic carbocycles. The van der Waals surface area contributed by atoms with E-state index in [1.165, 1.54) is 23.9 Å². The Labute approximate surface area is 177 Å². The number of hydrogen-bond donors (Lipinski definition) is 2. The number of ether oxygens (including phenoxy) is 1. The fourth-order valence-electron chi connectivity index (χ4n) is 2.66. The van der Waals surface area contributed by atoms with Crippen LogP contribution in [-0.2, 0) is 4.79 Å². The second-order valence-electron chi connectivity index (χ2n) is 6.35. The highest BCUT2D eigenvalue weighted by Gasteiger charge is 2.20. The molecule has 0 fully saturated rings. The maximum Gasteiger partial charge on any atom is 0.233 e. The molecule has 3 aromatic rings. The summed E-state index contributed by atoms with van der Waals surface area (Å²) in [5.74, 6) is 0.631. The average molecular weight is 435 g/mol. The summed E-state index contributed by atoms with van der Waals surface area (Å²) in [5.41, 5.74) is 1.51. The molecule has 0 radical (unpaired) electrons. The summed E-state index contributed by atoms with van der Waals surface area (Å²) in [6.07, 6.45) is 0. The number of carbonyl (C=O) groups excluding carboxylic acids is 1. The van der Waals surface area contributed by atoms with Crippen molar-refractivity contribution in [2.45, 2.75) is 30.3 Å². The zero-order chi connectivity index (χ0) is 21.0. The van der Waals surface area contributed by atoms with E-state index >= 15 is 0 Å². The first-order chi connectivity index (χ1) is 13.9. The quantitative estimate of drug-likeness (QED) is 0.530. The lowest BCUT2D eigenvalue weighted by Crippen LogP contribution is -2.33. The van der Waals surface area contributed by atoms with Gasteiger partial charge in [-0.25, -0.2) is 9.37 Å². The number of thioether (sulfide) groups is 1. The van der Waals surface area contributed by atoms with E-state index in [0.29, 0.717) is 27.3 Å². The normalized spacial score (nSPS) is 13.0. The molecule has 0 aliphatic rings. The number of halogens is 2. The number of benzene rings is 2. The fourth-order valence-corrected chi connectivity index (χ4v) is 3.57. The maximum atomic E-state index is 13.1. The molecule has 1 heterocycles. The third-order valence-electron chi connectivity index (χ3n) is 4.26. The Morgan fingerprint density at radius 1 is 1.24 bits per heavy atom. The van der Waals surface area contributed by atoms with E-state index in [9.17, 15) is 9.18 Å². The Balaban J connectivity index is 1.65. The SMILES string of the molecule is COc1ccc(Cl)cc1-c1nc(S[C@H](C)C(=O)N[C@@H](C)c2ccc(F)cc2)n[nH]1. The van der Waals surface area contributed by atoms with Crippen molar-refractivity contribution in [1.29, 1.82) is 0 Å². The molecule has 2 aromatic carbocycles. The summed E-state index contributed by atoms with van der Waals surface area (Å²) in [7, 11) is 1.56. The van der Waals surface area contributed by atoms with E-state index in [0.717, 1.165) is 5.56 Å². The third-order valence-corrected chi connectivity index (χ3v) is 5.46. The van der Waals surface area contributed by atoms with Crippen LogP contribution in [0.5, 0.6) is 5.75 Å². The number of nitrogens with one attached hydrogen (secondary N) is 2. The van der Waals surface area contributed by atoms with Crippen LogP contribution >= 0.6 is 23.4 Å². The largest absolute Gasteiger partial charge is 0.496 e. The summed E-state index contributed by atoms with van der Waals surface area (Å²) >= 11 is 7.29. The van der Waals surface area contributed by atoms with E-state index in [1.807, 2.05) is 6.92 Å². The van der Waals surface area contributed by atoms with Crippen LogP contribution in [0.2, 0.25) is 5.02 Å². The van der Waals surface area contributed by atoms with E-state index < -0.39 is 5.25 Å². The van der Waals surface area contributed by atoms with Gasteiger partial charge < -0.3 is 10.1 Å².